The number of amides is 1. The van der Waals surface area contributed by atoms with Crippen molar-refractivity contribution in [2.45, 2.75) is 25.9 Å². The van der Waals surface area contributed by atoms with Crippen LogP contribution in [0.15, 0.2) is 36.4 Å². The molecule has 0 bridgehead atoms. The first-order valence-electron chi connectivity index (χ1n) is 8.93. The molecule has 3 rings (SSSR count). The van der Waals surface area contributed by atoms with Crippen molar-refractivity contribution in [2.75, 3.05) is 14.1 Å². The van der Waals surface area contributed by atoms with Crippen molar-refractivity contribution in [3.8, 4) is 5.75 Å². The molecule has 0 aliphatic heterocycles. The summed E-state index contributed by atoms with van der Waals surface area (Å²) < 4.78 is 1.88. The van der Waals surface area contributed by atoms with Crippen LogP contribution in [0.4, 0.5) is 0 Å². The van der Waals surface area contributed by atoms with E-state index in [4.69, 9.17) is 0 Å². The molecule has 2 N–H and O–H groups in total. The lowest BCUT2D eigenvalue weighted by atomic mass is 9.95. The minimum atomic E-state index is -0.633. The molecule has 0 saturated heterocycles. The summed E-state index contributed by atoms with van der Waals surface area (Å²) in [5.74, 6) is 0.557. The zero-order valence-electron chi connectivity index (χ0n) is 16.1. The van der Waals surface area contributed by atoms with Crippen molar-refractivity contribution < 1.29 is 15.0 Å². The highest BCUT2D eigenvalue weighted by atomic mass is 16.3. The molecule has 2 aromatic carbocycles. The van der Waals surface area contributed by atoms with Crippen molar-refractivity contribution in [3.63, 3.8) is 0 Å². The molecule has 1 heterocycles. The van der Waals surface area contributed by atoms with Crippen LogP contribution in [-0.4, -0.2) is 44.7 Å². The van der Waals surface area contributed by atoms with Gasteiger partial charge in [0.25, 0.3) is 5.91 Å². The normalized spacial score (nSPS) is 12.3. The van der Waals surface area contributed by atoms with Crippen LogP contribution in [-0.2, 0) is 13.5 Å². The molecular formula is C21H25N3O3. The Hall–Kier alpha value is -2.86. The second kappa shape index (κ2) is 7.40. The zero-order chi connectivity index (χ0) is 19.7. The fraction of sp³-hybridized carbons (Fsp3) is 0.333. The summed E-state index contributed by atoms with van der Waals surface area (Å²) in [4.78, 5) is 18.6. The SMILES string of the molecule is Cc1nc2c(O)cc(C(=O)N(C)C)c(CC[C@@H](O)c3ccccc3)c2n1C. The number of carbonyl (C=O) groups is 1. The van der Waals surface area contributed by atoms with E-state index >= 15 is 0 Å². The van der Waals surface area contributed by atoms with Gasteiger partial charge in [-0.3, -0.25) is 4.79 Å². The predicted molar refractivity (Wildman–Crippen MR) is 105 cm³/mol. The third-order valence-corrected chi connectivity index (χ3v) is 4.94. The van der Waals surface area contributed by atoms with Crippen LogP contribution >= 0.6 is 0 Å². The maximum absolute atomic E-state index is 12.7. The second-order valence-corrected chi connectivity index (χ2v) is 7.00. The molecule has 0 unspecified atom stereocenters. The van der Waals surface area contributed by atoms with Gasteiger partial charge in [-0.15, -0.1) is 0 Å². The molecule has 0 spiro atoms. The number of nitrogens with zero attached hydrogens (tertiary/aromatic N) is 3. The molecule has 142 valence electrons. The maximum atomic E-state index is 12.7. The maximum Gasteiger partial charge on any atom is 0.253 e. The first-order valence-corrected chi connectivity index (χ1v) is 8.93. The third kappa shape index (κ3) is 3.53. The largest absolute Gasteiger partial charge is 0.506 e. The summed E-state index contributed by atoms with van der Waals surface area (Å²) in [6.07, 6.45) is 0.314. The summed E-state index contributed by atoms with van der Waals surface area (Å²) in [7, 11) is 5.23. The van der Waals surface area contributed by atoms with Gasteiger partial charge >= 0.3 is 0 Å². The van der Waals surface area contributed by atoms with Gasteiger partial charge in [-0.2, -0.15) is 0 Å². The molecule has 6 nitrogen and oxygen atoms in total. The van der Waals surface area contributed by atoms with E-state index in [1.54, 1.807) is 14.1 Å². The van der Waals surface area contributed by atoms with E-state index in [0.29, 0.717) is 23.9 Å². The van der Waals surface area contributed by atoms with Crippen molar-refractivity contribution in [1.82, 2.24) is 14.5 Å². The number of phenols is 1. The van der Waals surface area contributed by atoms with Crippen LogP contribution < -0.4 is 0 Å². The molecule has 1 amide bonds. The smallest absolute Gasteiger partial charge is 0.253 e. The number of hydrogen-bond acceptors (Lipinski definition) is 4. The number of aromatic hydroxyl groups is 1. The summed E-state index contributed by atoms with van der Waals surface area (Å²) in [5.41, 5.74) is 3.29. The topological polar surface area (TPSA) is 78.6 Å². The molecule has 6 heteroatoms. The van der Waals surface area contributed by atoms with Crippen molar-refractivity contribution in [1.29, 1.82) is 0 Å². The van der Waals surface area contributed by atoms with Gasteiger partial charge in [0, 0.05) is 26.7 Å². The highest BCUT2D eigenvalue weighted by Crippen LogP contribution is 2.33. The first-order chi connectivity index (χ1) is 12.8. The number of aliphatic hydroxyl groups is 1. The van der Waals surface area contributed by atoms with Gasteiger partial charge < -0.3 is 19.7 Å². The molecule has 1 atom stereocenters. The Kier molecular flexibility index (Phi) is 5.19. The highest BCUT2D eigenvalue weighted by molar-refractivity contribution is 6.01. The van der Waals surface area contributed by atoms with Gasteiger partial charge in [-0.1, -0.05) is 30.3 Å². The molecule has 1 aromatic heterocycles. The standard InChI is InChI=1S/C21H25N3O3/c1-13-22-19-18(26)12-16(21(27)23(2)3)15(20(19)24(13)4)10-11-17(25)14-8-6-5-7-9-14/h5-9,12,17,25-26H,10-11H2,1-4H3/t17-/m1/s1. The lowest BCUT2D eigenvalue weighted by Crippen LogP contribution is -2.23. The number of fused-ring (bicyclic) bond motifs is 1. The van der Waals surface area contributed by atoms with Gasteiger partial charge in [0.05, 0.1) is 11.6 Å². The quantitative estimate of drug-likeness (QED) is 0.727. The summed E-state index contributed by atoms with van der Waals surface area (Å²) in [6, 6.07) is 11.0. The van der Waals surface area contributed by atoms with Crippen LogP contribution in [0.25, 0.3) is 11.0 Å². The van der Waals surface area contributed by atoms with Crippen LogP contribution in [0.2, 0.25) is 0 Å². The Bertz CT molecular complexity index is 977. The summed E-state index contributed by atoms with van der Waals surface area (Å²) >= 11 is 0. The third-order valence-electron chi connectivity index (χ3n) is 4.94. The number of aliphatic hydroxyl groups excluding tert-OH is 1. The first kappa shape index (κ1) is 18.9. The van der Waals surface area contributed by atoms with Crippen molar-refractivity contribution >= 4 is 16.9 Å². The van der Waals surface area contributed by atoms with Gasteiger partial charge in [0.1, 0.15) is 17.1 Å². The molecule has 0 saturated carbocycles. The number of hydrogen-bond donors (Lipinski definition) is 2. The average molecular weight is 367 g/mol. The Morgan fingerprint density at radius 3 is 2.56 bits per heavy atom. The monoisotopic (exact) mass is 367 g/mol. The Morgan fingerprint density at radius 1 is 1.26 bits per heavy atom. The van der Waals surface area contributed by atoms with E-state index in [1.165, 1.54) is 11.0 Å². The van der Waals surface area contributed by atoms with Gasteiger partial charge in [-0.25, -0.2) is 4.98 Å². The van der Waals surface area contributed by atoms with E-state index < -0.39 is 6.10 Å². The minimum Gasteiger partial charge on any atom is -0.506 e. The number of imidazole rings is 1. The summed E-state index contributed by atoms with van der Waals surface area (Å²) in [6.45, 7) is 1.86. The Labute approximate surface area is 158 Å². The zero-order valence-corrected chi connectivity index (χ0v) is 16.1. The minimum absolute atomic E-state index is 0.00809. The van der Waals surface area contributed by atoms with Crippen LogP contribution in [0.5, 0.6) is 5.75 Å². The van der Waals surface area contributed by atoms with Gasteiger partial charge in [0.2, 0.25) is 0 Å². The van der Waals surface area contributed by atoms with Gasteiger partial charge in [0.15, 0.2) is 0 Å². The number of phenolic OH excluding ortho intramolecular Hbond substituents is 1. The van der Waals surface area contributed by atoms with Crippen molar-refractivity contribution in [3.05, 3.63) is 58.9 Å². The summed E-state index contributed by atoms with van der Waals surface area (Å²) in [5, 5.41) is 21.0. The van der Waals surface area contributed by atoms with Crippen LogP contribution in [0, 0.1) is 6.92 Å². The molecule has 27 heavy (non-hydrogen) atoms. The number of benzene rings is 2. The van der Waals surface area contributed by atoms with E-state index in [1.807, 2.05) is 48.9 Å². The highest BCUT2D eigenvalue weighted by Gasteiger charge is 2.23. The fourth-order valence-electron chi connectivity index (χ4n) is 3.36. The van der Waals surface area contributed by atoms with E-state index in [0.717, 1.165) is 22.5 Å². The molecule has 3 aromatic rings. The van der Waals surface area contributed by atoms with E-state index in [-0.39, 0.29) is 11.7 Å². The number of aromatic nitrogens is 2. The van der Waals surface area contributed by atoms with E-state index in [2.05, 4.69) is 4.98 Å². The second-order valence-electron chi connectivity index (χ2n) is 7.00. The number of rotatable bonds is 5. The Balaban J connectivity index is 2.07. The molecule has 0 aliphatic rings. The lowest BCUT2D eigenvalue weighted by molar-refractivity contribution is 0.0825. The van der Waals surface area contributed by atoms with Gasteiger partial charge in [-0.05, 0) is 37.0 Å². The fourth-order valence-corrected chi connectivity index (χ4v) is 3.36. The van der Waals surface area contributed by atoms with E-state index in [9.17, 15) is 15.0 Å². The number of carbonyl (C=O) groups excluding carboxylic acids is 1. The van der Waals surface area contributed by atoms with Crippen LogP contribution in [0.1, 0.15) is 39.8 Å². The molecule has 0 aliphatic carbocycles. The molecular weight excluding hydrogens is 342 g/mol. The molecule has 0 fully saturated rings. The molecule has 0 radical (unpaired) electrons. The van der Waals surface area contributed by atoms with Crippen molar-refractivity contribution in [2.24, 2.45) is 7.05 Å². The number of aryl methyl sites for hydroxylation is 3. The predicted octanol–water partition coefficient (Wildman–Crippen LogP) is 2.96. The lowest BCUT2D eigenvalue weighted by Gasteiger charge is -2.18. The van der Waals surface area contributed by atoms with Crippen LogP contribution in [0.3, 0.4) is 0 Å². The Morgan fingerprint density at radius 2 is 1.93 bits per heavy atom. The average Bonchev–Trinajstić information content (AvgIpc) is 2.96.